The fourth-order valence-electron chi connectivity index (χ4n) is 0.961. The molecule has 0 aromatic heterocycles. The van der Waals surface area contributed by atoms with Gasteiger partial charge < -0.3 is 15.6 Å². The van der Waals surface area contributed by atoms with E-state index in [1.165, 1.54) is 0 Å². The van der Waals surface area contributed by atoms with Gasteiger partial charge in [-0.3, -0.25) is 0 Å². The fraction of sp³-hybridized carbons (Fsp3) is 0.400. The molecule has 4 heteroatoms. The number of nitrogens with two attached hydrogens (primary N) is 1. The highest BCUT2D eigenvalue weighted by molar-refractivity contribution is 9.10. The Morgan fingerprint density at radius 3 is 2.57 bits per heavy atom. The van der Waals surface area contributed by atoms with E-state index in [2.05, 4.69) is 15.9 Å². The molecule has 0 bridgehead atoms. The summed E-state index contributed by atoms with van der Waals surface area (Å²) in [5.74, 6) is 0.803. The highest BCUT2D eigenvalue weighted by Crippen LogP contribution is 2.16. The van der Waals surface area contributed by atoms with Crippen molar-refractivity contribution in [3.8, 4) is 5.75 Å². The fourth-order valence-corrected chi connectivity index (χ4v) is 1.23. The van der Waals surface area contributed by atoms with E-state index >= 15 is 0 Å². The van der Waals surface area contributed by atoms with Crippen LogP contribution < -0.4 is 10.5 Å². The van der Waals surface area contributed by atoms with E-state index in [4.69, 9.17) is 15.6 Å². The Labute approximate surface area is 92.0 Å². The highest BCUT2D eigenvalue weighted by atomic mass is 79.9. The number of benzene rings is 1. The van der Waals surface area contributed by atoms with Crippen LogP contribution in [-0.4, -0.2) is 24.4 Å². The first-order valence-electron chi connectivity index (χ1n) is 4.49. The van der Waals surface area contributed by atoms with Crippen molar-refractivity contribution in [2.45, 2.75) is 12.5 Å². The number of ether oxygens (including phenoxy) is 1. The zero-order chi connectivity index (χ0) is 10.4. The largest absolute Gasteiger partial charge is 0.493 e. The van der Waals surface area contributed by atoms with E-state index in [-0.39, 0.29) is 6.54 Å². The van der Waals surface area contributed by atoms with Crippen LogP contribution >= 0.6 is 15.9 Å². The van der Waals surface area contributed by atoms with Gasteiger partial charge in [-0.2, -0.15) is 0 Å². The van der Waals surface area contributed by atoms with E-state index in [1.54, 1.807) is 0 Å². The predicted octanol–water partition coefficient (Wildman–Crippen LogP) is 1.54. The second-order valence-corrected chi connectivity index (χ2v) is 3.90. The van der Waals surface area contributed by atoms with Crippen LogP contribution in [0.3, 0.4) is 0 Å². The molecule has 3 nitrogen and oxygen atoms in total. The van der Waals surface area contributed by atoms with E-state index in [1.807, 2.05) is 24.3 Å². The molecule has 0 radical (unpaired) electrons. The van der Waals surface area contributed by atoms with Gasteiger partial charge in [0.1, 0.15) is 5.75 Å². The normalized spacial score (nSPS) is 12.5. The highest BCUT2D eigenvalue weighted by Gasteiger charge is 2.00. The lowest BCUT2D eigenvalue weighted by molar-refractivity contribution is 0.146. The molecule has 14 heavy (non-hydrogen) atoms. The van der Waals surface area contributed by atoms with Crippen LogP contribution in [0, 0.1) is 0 Å². The average molecular weight is 260 g/mol. The molecule has 0 saturated heterocycles. The van der Waals surface area contributed by atoms with Crippen molar-refractivity contribution in [3.05, 3.63) is 28.7 Å². The molecule has 1 aromatic rings. The minimum Gasteiger partial charge on any atom is -0.493 e. The van der Waals surface area contributed by atoms with Crippen LogP contribution in [0.5, 0.6) is 5.75 Å². The Morgan fingerprint density at radius 1 is 1.36 bits per heavy atom. The Hall–Kier alpha value is -0.580. The summed E-state index contributed by atoms with van der Waals surface area (Å²) in [5.41, 5.74) is 5.26. The summed E-state index contributed by atoms with van der Waals surface area (Å²) in [5, 5.41) is 9.17. The van der Waals surface area contributed by atoms with Crippen molar-refractivity contribution < 1.29 is 9.84 Å². The van der Waals surface area contributed by atoms with Crippen molar-refractivity contribution in [2.75, 3.05) is 13.2 Å². The Morgan fingerprint density at radius 2 is 2.00 bits per heavy atom. The summed E-state index contributed by atoms with van der Waals surface area (Å²) in [6.45, 7) is 0.768. The summed E-state index contributed by atoms with van der Waals surface area (Å²) < 4.78 is 6.42. The number of hydrogen-bond acceptors (Lipinski definition) is 3. The molecule has 3 N–H and O–H groups in total. The lowest BCUT2D eigenvalue weighted by atomic mass is 10.3. The van der Waals surface area contributed by atoms with Crippen LogP contribution in [0.25, 0.3) is 0 Å². The van der Waals surface area contributed by atoms with Gasteiger partial charge in [0.05, 0.1) is 12.7 Å². The molecule has 0 saturated carbocycles. The predicted molar refractivity (Wildman–Crippen MR) is 59.3 cm³/mol. The van der Waals surface area contributed by atoms with Gasteiger partial charge in [-0.25, -0.2) is 0 Å². The Balaban J connectivity index is 2.28. The molecule has 0 spiro atoms. The summed E-state index contributed by atoms with van der Waals surface area (Å²) in [6.07, 6.45) is 0.0949. The first kappa shape index (κ1) is 11.5. The maximum atomic E-state index is 9.17. The number of rotatable bonds is 5. The lowest BCUT2D eigenvalue weighted by Gasteiger charge is -2.09. The molecular formula is C10H14BrNO2. The van der Waals surface area contributed by atoms with E-state index in [0.29, 0.717) is 13.0 Å². The summed E-state index contributed by atoms with van der Waals surface area (Å²) in [7, 11) is 0. The van der Waals surface area contributed by atoms with Gasteiger partial charge in [0.15, 0.2) is 0 Å². The Kier molecular flexibility index (Phi) is 4.93. The van der Waals surface area contributed by atoms with E-state index in [0.717, 1.165) is 10.2 Å². The van der Waals surface area contributed by atoms with Crippen LogP contribution in [0.4, 0.5) is 0 Å². The van der Waals surface area contributed by atoms with Crippen molar-refractivity contribution >= 4 is 15.9 Å². The van der Waals surface area contributed by atoms with Crippen molar-refractivity contribution in [1.29, 1.82) is 0 Å². The smallest absolute Gasteiger partial charge is 0.119 e. The summed E-state index contributed by atoms with van der Waals surface area (Å²) >= 11 is 3.34. The third-order valence-corrected chi connectivity index (χ3v) is 2.33. The molecule has 0 amide bonds. The molecule has 1 atom stereocenters. The number of aliphatic hydroxyl groups is 1. The minimum absolute atomic E-state index is 0.281. The first-order valence-corrected chi connectivity index (χ1v) is 5.28. The lowest BCUT2D eigenvalue weighted by Crippen LogP contribution is -2.21. The Bertz CT molecular complexity index is 263. The molecule has 0 heterocycles. The SMILES string of the molecule is NCC(O)CCOc1ccc(Br)cc1. The van der Waals surface area contributed by atoms with Gasteiger partial charge in [0.25, 0.3) is 0 Å². The minimum atomic E-state index is -0.467. The molecular weight excluding hydrogens is 246 g/mol. The monoisotopic (exact) mass is 259 g/mol. The maximum absolute atomic E-state index is 9.17. The standard InChI is InChI=1S/C10H14BrNO2/c11-8-1-3-10(4-2-8)14-6-5-9(13)7-12/h1-4,9,13H,5-7,12H2. The van der Waals surface area contributed by atoms with E-state index < -0.39 is 6.10 Å². The zero-order valence-electron chi connectivity index (χ0n) is 7.82. The second-order valence-electron chi connectivity index (χ2n) is 2.98. The van der Waals surface area contributed by atoms with Gasteiger partial charge in [-0.15, -0.1) is 0 Å². The zero-order valence-corrected chi connectivity index (χ0v) is 9.40. The number of halogens is 1. The van der Waals surface area contributed by atoms with Gasteiger partial charge in [-0.05, 0) is 24.3 Å². The van der Waals surface area contributed by atoms with Crippen LogP contribution in [0.15, 0.2) is 28.7 Å². The molecule has 1 rings (SSSR count). The number of hydrogen-bond donors (Lipinski definition) is 2. The van der Waals surface area contributed by atoms with Crippen molar-refractivity contribution in [2.24, 2.45) is 5.73 Å². The molecule has 1 aromatic carbocycles. The van der Waals surface area contributed by atoms with Gasteiger partial charge >= 0.3 is 0 Å². The molecule has 0 aliphatic rings. The van der Waals surface area contributed by atoms with Crippen LogP contribution in [0.2, 0.25) is 0 Å². The third kappa shape index (κ3) is 4.09. The van der Waals surface area contributed by atoms with E-state index in [9.17, 15) is 0 Å². The van der Waals surface area contributed by atoms with Crippen LogP contribution in [-0.2, 0) is 0 Å². The van der Waals surface area contributed by atoms with Crippen LogP contribution in [0.1, 0.15) is 6.42 Å². The molecule has 0 aliphatic heterocycles. The first-order chi connectivity index (χ1) is 6.72. The maximum Gasteiger partial charge on any atom is 0.119 e. The third-order valence-electron chi connectivity index (χ3n) is 1.81. The van der Waals surface area contributed by atoms with Crippen molar-refractivity contribution in [1.82, 2.24) is 0 Å². The quantitative estimate of drug-likeness (QED) is 0.844. The molecule has 0 aliphatic carbocycles. The summed E-state index contributed by atoms with van der Waals surface area (Å²) in [4.78, 5) is 0. The average Bonchev–Trinajstić information content (AvgIpc) is 2.21. The van der Waals surface area contributed by atoms with Crippen molar-refractivity contribution in [3.63, 3.8) is 0 Å². The topological polar surface area (TPSA) is 55.5 Å². The molecule has 1 unspecified atom stereocenters. The van der Waals surface area contributed by atoms with Gasteiger partial charge in [0.2, 0.25) is 0 Å². The second kappa shape index (κ2) is 6.01. The molecule has 0 fully saturated rings. The van der Waals surface area contributed by atoms with Gasteiger partial charge in [0, 0.05) is 17.4 Å². The van der Waals surface area contributed by atoms with Gasteiger partial charge in [-0.1, -0.05) is 15.9 Å². The number of aliphatic hydroxyl groups excluding tert-OH is 1. The summed E-state index contributed by atoms with van der Waals surface area (Å²) in [6, 6.07) is 7.57. The molecule has 78 valence electrons.